The topological polar surface area (TPSA) is 29.4 Å². The standard InChI is InChI=1S/C16H29NOSi/c1-11(10-19(6,7)8)13-9-12(2)17-14(13)15(18)16(3,4)5/h12-13H,1,9-10H2,2-8H3/t12-,13-/m0/s1. The van der Waals surface area contributed by atoms with Crippen molar-refractivity contribution in [1.82, 2.24) is 0 Å². The van der Waals surface area contributed by atoms with Crippen molar-refractivity contribution in [2.24, 2.45) is 16.3 Å². The average molecular weight is 280 g/mol. The zero-order chi connectivity index (χ0) is 15.0. The van der Waals surface area contributed by atoms with Crippen LogP contribution in [0.15, 0.2) is 17.1 Å². The lowest BCUT2D eigenvalue weighted by molar-refractivity contribution is -0.119. The summed E-state index contributed by atoms with van der Waals surface area (Å²) in [5.41, 5.74) is 1.66. The van der Waals surface area contributed by atoms with E-state index in [0.717, 1.165) is 18.2 Å². The van der Waals surface area contributed by atoms with E-state index in [9.17, 15) is 4.79 Å². The molecule has 0 unspecified atom stereocenters. The van der Waals surface area contributed by atoms with E-state index < -0.39 is 8.07 Å². The summed E-state index contributed by atoms with van der Waals surface area (Å²) in [7, 11) is -1.19. The van der Waals surface area contributed by atoms with Crippen LogP contribution in [0.3, 0.4) is 0 Å². The lowest BCUT2D eigenvalue weighted by Crippen LogP contribution is -2.33. The minimum atomic E-state index is -1.19. The van der Waals surface area contributed by atoms with Gasteiger partial charge in [0.15, 0.2) is 5.78 Å². The molecule has 2 nitrogen and oxygen atoms in total. The van der Waals surface area contributed by atoms with Crippen LogP contribution >= 0.6 is 0 Å². The zero-order valence-corrected chi connectivity index (χ0v) is 14.6. The van der Waals surface area contributed by atoms with E-state index in [1.54, 1.807) is 0 Å². The number of ketones is 1. The molecule has 1 rings (SSSR count). The maximum absolute atomic E-state index is 12.5. The fourth-order valence-electron chi connectivity index (χ4n) is 2.60. The van der Waals surface area contributed by atoms with Crippen LogP contribution in [0.2, 0.25) is 25.7 Å². The van der Waals surface area contributed by atoms with E-state index in [1.807, 2.05) is 20.8 Å². The van der Waals surface area contributed by atoms with Crippen molar-refractivity contribution in [1.29, 1.82) is 0 Å². The van der Waals surface area contributed by atoms with Crippen LogP contribution in [0.5, 0.6) is 0 Å². The summed E-state index contributed by atoms with van der Waals surface area (Å²) in [4.78, 5) is 17.1. The summed E-state index contributed by atoms with van der Waals surface area (Å²) in [5, 5.41) is 0. The van der Waals surface area contributed by atoms with Crippen molar-refractivity contribution in [3.8, 4) is 0 Å². The first-order chi connectivity index (χ1) is 8.42. The molecule has 1 aliphatic heterocycles. The monoisotopic (exact) mass is 279 g/mol. The minimum absolute atomic E-state index is 0.188. The third-order valence-electron chi connectivity index (χ3n) is 3.43. The van der Waals surface area contributed by atoms with Gasteiger partial charge >= 0.3 is 0 Å². The second-order valence-electron chi connectivity index (χ2n) is 8.13. The first-order valence-corrected chi connectivity index (χ1v) is 10.9. The Balaban J connectivity index is 2.94. The highest BCUT2D eigenvalue weighted by molar-refractivity contribution is 6.76. The fraction of sp³-hybridized carbons (Fsp3) is 0.750. The number of carbonyl (C=O) groups is 1. The van der Waals surface area contributed by atoms with Gasteiger partial charge in [-0.2, -0.15) is 0 Å². The van der Waals surface area contributed by atoms with Gasteiger partial charge in [0.05, 0.1) is 5.71 Å². The van der Waals surface area contributed by atoms with Gasteiger partial charge in [-0.25, -0.2) is 0 Å². The van der Waals surface area contributed by atoms with Crippen LogP contribution in [0, 0.1) is 11.3 Å². The third-order valence-corrected chi connectivity index (χ3v) is 4.95. The predicted octanol–water partition coefficient (Wildman–Crippen LogP) is 4.35. The van der Waals surface area contributed by atoms with E-state index in [4.69, 9.17) is 0 Å². The summed E-state index contributed by atoms with van der Waals surface area (Å²) in [6.07, 6.45) is 0.959. The number of Topliss-reactive ketones (excluding diaryl/α,β-unsaturated/α-hetero) is 1. The summed E-state index contributed by atoms with van der Waals surface area (Å²) in [6.45, 7) is 19.3. The summed E-state index contributed by atoms with van der Waals surface area (Å²) < 4.78 is 0. The van der Waals surface area contributed by atoms with Gasteiger partial charge in [-0.1, -0.05) is 52.6 Å². The Labute approximate surface area is 119 Å². The molecule has 0 fully saturated rings. The second-order valence-corrected chi connectivity index (χ2v) is 13.6. The SMILES string of the molecule is C=C(C[Si](C)(C)C)[C@@H]1C[C@H](C)N=C1C(=O)C(C)(C)C. The summed E-state index contributed by atoms with van der Waals surface area (Å²) >= 11 is 0. The summed E-state index contributed by atoms with van der Waals surface area (Å²) in [6, 6.07) is 1.34. The van der Waals surface area contributed by atoms with Gasteiger partial charge in [0.1, 0.15) is 0 Å². The molecule has 0 aromatic rings. The normalized spacial score (nSPS) is 24.3. The molecule has 3 heteroatoms. The molecule has 0 amide bonds. The Kier molecular flexibility index (Phi) is 4.61. The maximum Gasteiger partial charge on any atom is 0.182 e. The highest BCUT2D eigenvalue weighted by Crippen LogP contribution is 2.34. The Bertz CT molecular complexity index is 409. The van der Waals surface area contributed by atoms with Crippen LogP contribution in [0.4, 0.5) is 0 Å². The smallest absolute Gasteiger partial charge is 0.182 e. The molecule has 0 aliphatic carbocycles. The molecule has 0 aromatic carbocycles. The number of allylic oxidation sites excluding steroid dienone is 1. The molecule has 0 saturated carbocycles. The van der Waals surface area contributed by atoms with Crippen LogP contribution in [0.25, 0.3) is 0 Å². The maximum atomic E-state index is 12.5. The molecule has 2 atom stereocenters. The minimum Gasteiger partial charge on any atom is -0.292 e. The predicted molar refractivity (Wildman–Crippen MR) is 86.8 cm³/mol. The van der Waals surface area contributed by atoms with Crippen molar-refractivity contribution in [2.45, 2.75) is 65.8 Å². The number of aliphatic imine (C=N–C) groups is 1. The lowest BCUT2D eigenvalue weighted by Gasteiger charge is -2.25. The molecule has 0 spiro atoms. The van der Waals surface area contributed by atoms with E-state index in [0.29, 0.717) is 0 Å². The van der Waals surface area contributed by atoms with Gasteiger partial charge < -0.3 is 0 Å². The Morgan fingerprint density at radius 2 is 1.89 bits per heavy atom. The molecular weight excluding hydrogens is 250 g/mol. The molecule has 19 heavy (non-hydrogen) atoms. The average Bonchev–Trinajstić information content (AvgIpc) is 2.55. The van der Waals surface area contributed by atoms with Crippen LogP contribution in [-0.2, 0) is 4.79 Å². The highest BCUT2D eigenvalue weighted by Gasteiger charge is 2.37. The van der Waals surface area contributed by atoms with Crippen LogP contribution in [0.1, 0.15) is 34.1 Å². The largest absolute Gasteiger partial charge is 0.292 e. The molecule has 0 saturated heterocycles. The molecule has 0 radical (unpaired) electrons. The molecule has 108 valence electrons. The van der Waals surface area contributed by atoms with Gasteiger partial charge in [-0.15, -0.1) is 0 Å². The van der Waals surface area contributed by atoms with Crippen molar-refractivity contribution >= 4 is 19.6 Å². The highest BCUT2D eigenvalue weighted by atomic mass is 28.3. The molecule has 0 bridgehead atoms. The van der Waals surface area contributed by atoms with Gasteiger partial charge in [-0.05, 0) is 19.4 Å². The second kappa shape index (κ2) is 5.35. The number of rotatable bonds is 4. The van der Waals surface area contributed by atoms with Gasteiger partial charge in [-0.3, -0.25) is 9.79 Å². The molecule has 1 aliphatic rings. The van der Waals surface area contributed by atoms with Gasteiger partial charge in [0.25, 0.3) is 0 Å². The third kappa shape index (κ3) is 4.41. The first kappa shape index (κ1) is 16.4. The first-order valence-electron chi connectivity index (χ1n) is 7.22. The molecule has 0 aromatic heterocycles. The van der Waals surface area contributed by atoms with E-state index in [1.165, 1.54) is 5.57 Å². The van der Waals surface area contributed by atoms with Crippen LogP contribution < -0.4 is 0 Å². The Hall–Kier alpha value is -0.703. The van der Waals surface area contributed by atoms with Gasteiger partial charge in [0.2, 0.25) is 0 Å². The molecule has 1 heterocycles. The van der Waals surface area contributed by atoms with Gasteiger partial charge in [0, 0.05) is 25.4 Å². The van der Waals surface area contributed by atoms with Crippen LogP contribution in [-0.4, -0.2) is 25.6 Å². The number of carbonyl (C=O) groups excluding carboxylic acids is 1. The van der Waals surface area contributed by atoms with E-state index in [2.05, 4.69) is 38.1 Å². The van der Waals surface area contributed by atoms with E-state index in [-0.39, 0.29) is 23.2 Å². The zero-order valence-electron chi connectivity index (χ0n) is 13.6. The quantitative estimate of drug-likeness (QED) is 0.556. The van der Waals surface area contributed by atoms with Crippen molar-refractivity contribution in [3.05, 3.63) is 12.2 Å². The fourth-order valence-corrected chi connectivity index (χ4v) is 4.21. The Morgan fingerprint density at radius 1 is 1.37 bits per heavy atom. The number of hydrogen-bond acceptors (Lipinski definition) is 2. The number of hydrogen-bond donors (Lipinski definition) is 0. The lowest BCUT2D eigenvalue weighted by atomic mass is 9.81. The van der Waals surface area contributed by atoms with Crippen molar-refractivity contribution in [3.63, 3.8) is 0 Å². The Morgan fingerprint density at radius 3 is 2.32 bits per heavy atom. The van der Waals surface area contributed by atoms with Crippen molar-refractivity contribution < 1.29 is 4.79 Å². The molecular formula is C16H29NOSi. The molecule has 0 N–H and O–H groups in total. The summed E-state index contributed by atoms with van der Waals surface area (Å²) in [5.74, 6) is 0.382. The van der Waals surface area contributed by atoms with E-state index >= 15 is 0 Å². The van der Waals surface area contributed by atoms with Crippen molar-refractivity contribution in [2.75, 3.05) is 0 Å². The number of nitrogens with zero attached hydrogens (tertiary/aromatic N) is 1.